The Morgan fingerprint density at radius 2 is 1.05 bits per heavy atom. The summed E-state index contributed by atoms with van der Waals surface area (Å²) in [6, 6.07) is 28.6. The number of rotatable bonds is 6. The predicted molar refractivity (Wildman–Crippen MR) is 260 cm³/mol. The van der Waals surface area contributed by atoms with Crippen molar-refractivity contribution in [2.75, 3.05) is 90.3 Å². The molecule has 0 amide bonds. The molecule has 11 rings (SSSR count). The molecule has 3 aromatic carbocycles. The van der Waals surface area contributed by atoms with E-state index >= 15 is 0 Å². The molecule has 4 unspecified atom stereocenters. The van der Waals surface area contributed by atoms with E-state index in [0.29, 0.717) is 6.04 Å². The average Bonchev–Trinajstić information content (AvgIpc) is 3.98. The molecule has 4 aliphatic heterocycles. The van der Waals surface area contributed by atoms with Gasteiger partial charge in [0.05, 0.1) is 58.0 Å². The van der Waals surface area contributed by atoms with Crippen LogP contribution in [0.3, 0.4) is 0 Å². The van der Waals surface area contributed by atoms with Crippen molar-refractivity contribution in [1.29, 1.82) is 0 Å². The molecule has 64 heavy (non-hydrogen) atoms. The number of aromatic nitrogens is 6. The fourth-order valence-corrected chi connectivity index (χ4v) is 10.8. The van der Waals surface area contributed by atoms with E-state index in [9.17, 15) is 0 Å². The zero-order chi connectivity index (χ0) is 43.7. The first-order chi connectivity index (χ1) is 31.3. The quantitative estimate of drug-likeness (QED) is 0.159. The molecule has 0 radical (unpaired) electrons. The van der Waals surface area contributed by atoms with Crippen LogP contribution in [0.25, 0.3) is 32.8 Å². The number of likely N-dealkylation sites (N-methyl/N-ethyl adjacent to an activating group) is 2. The maximum Gasteiger partial charge on any atom is 0.124 e. The molecule has 0 aliphatic carbocycles. The van der Waals surface area contributed by atoms with E-state index in [-0.39, 0.29) is 18.1 Å². The Bertz CT molecular complexity index is 2750. The lowest BCUT2D eigenvalue weighted by Gasteiger charge is -2.38. The van der Waals surface area contributed by atoms with Gasteiger partial charge < -0.3 is 29.6 Å². The van der Waals surface area contributed by atoms with Gasteiger partial charge in [-0.1, -0.05) is 42.3 Å². The Morgan fingerprint density at radius 3 is 1.61 bits per heavy atom. The zero-order valence-corrected chi connectivity index (χ0v) is 37.9. The number of aromatic amines is 2. The fourth-order valence-electron chi connectivity index (χ4n) is 10.8. The number of para-hydroxylation sites is 2. The molecule has 330 valence electrons. The number of terminal acetylenes is 1. The van der Waals surface area contributed by atoms with E-state index in [1.54, 1.807) is 0 Å². The first-order valence-electron chi connectivity index (χ1n) is 23.4. The van der Waals surface area contributed by atoms with Crippen LogP contribution in [0.2, 0.25) is 0 Å². The third-order valence-corrected chi connectivity index (χ3v) is 14.5. The van der Waals surface area contributed by atoms with Gasteiger partial charge in [0.2, 0.25) is 0 Å². The molecule has 4 saturated heterocycles. The van der Waals surface area contributed by atoms with Gasteiger partial charge in [-0.15, -0.1) is 6.42 Å². The van der Waals surface area contributed by atoms with Gasteiger partial charge in [0, 0.05) is 75.7 Å². The molecule has 4 aromatic heterocycles. The number of fused-ring (bicyclic) bond motifs is 3. The lowest BCUT2D eigenvalue weighted by Crippen LogP contribution is -2.44. The molecule has 12 nitrogen and oxygen atoms in total. The summed E-state index contributed by atoms with van der Waals surface area (Å²) in [5.74, 6) is 4.94. The summed E-state index contributed by atoms with van der Waals surface area (Å²) in [6.45, 7) is 8.55. The first kappa shape index (κ1) is 42.1. The number of hydrogen-bond acceptors (Lipinski definition) is 10. The fraction of sp³-hybridized carbons (Fsp3) is 0.423. The maximum absolute atomic E-state index is 5.76. The minimum atomic E-state index is 0.205. The van der Waals surface area contributed by atoms with Crippen LogP contribution in [0, 0.1) is 12.3 Å². The summed E-state index contributed by atoms with van der Waals surface area (Å²) >= 11 is 0. The normalized spacial score (nSPS) is 23.0. The highest BCUT2D eigenvalue weighted by atomic mass is 15.3. The number of likely N-dealkylation sites (tertiary alicyclic amines) is 2. The number of nitrogens with zero attached hydrogens (tertiary/aromatic N) is 10. The summed E-state index contributed by atoms with van der Waals surface area (Å²) in [7, 11) is 8.81. The summed E-state index contributed by atoms with van der Waals surface area (Å²) in [4.78, 5) is 41.8. The van der Waals surface area contributed by atoms with E-state index < -0.39 is 0 Å². The molecule has 7 aromatic rings. The number of benzene rings is 3. The van der Waals surface area contributed by atoms with Crippen molar-refractivity contribution in [3.63, 3.8) is 0 Å². The molecule has 0 saturated carbocycles. The minimum Gasteiger partial charge on any atom is -0.367 e. The van der Waals surface area contributed by atoms with Crippen LogP contribution >= 0.6 is 0 Å². The van der Waals surface area contributed by atoms with Gasteiger partial charge in [-0.3, -0.25) is 19.8 Å². The second-order valence-corrected chi connectivity index (χ2v) is 18.4. The number of nitrogens with one attached hydrogen (secondary N) is 2. The SMILES string of the molecule is C#Cc1cccnc1C1CCCC(c2nc3c(N4CCN(C)CC4)cccc3[nH]2)N1C.CN1CCN(c2cccc3[nH]c(C4CCCC(c5nccc6ccccc56)N4C)nc23)CC1. The van der Waals surface area contributed by atoms with E-state index in [4.69, 9.17) is 21.4 Å². The Hall–Kier alpha value is -5.84. The van der Waals surface area contributed by atoms with Crippen LogP contribution in [0.5, 0.6) is 0 Å². The standard InChI is InChI=1S/C27H32N6.C25H30N6/c1-31-15-17-33(18-16-31)23-11-5-9-21-26(23)30-27(29-21)24-12-6-10-22(32(24)2)25-20-8-4-3-7-19(20)13-14-28-25;1-4-18-8-7-13-26-23(18)20-10-6-12-22(30(20)3)25-27-19-9-5-11-21(24(19)28-25)31-16-14-29(2)15-17-31/h3-5,7-9,11,13-14,22,24H,6,10,12,15-18H2,1-2H3,(H,29,30);1,5,7-9,11,13,20,22H,6,10,12,14-17H2,2-3H3,(H,27,28). The second-order valence-electron chi connectivity index (χ2n) is 18.4. The largest absolute Gasteiger partial charge is 0.367 e. The predicted octanol–water partition coefficient (Wildman–Crippen LogP) is 8.35. The molecular weight excluding hydrogens is 793 g/mol. The van der Waals surface area contributed by atoms with Gasteiger partial charge in [-0.2, -0.15) is 0 Å². The molecule has 8 heterocycles. The smallest absolute Gasteiger partial charge is 0.124 e. The van der Waals surface area contributed by atoms with Gasteiger partial charge in [0.15, 0.2) is 0 Å². The van der Waals surface area contributed by atoms with E-state index in [2.05, 4.69) is 145 Å². The summed E-state index contributed by atoms with van der Waals surface area (Å²) in [5.41, 5.74) is 10.0. The Morgan fingerprint density at radius 1 is 0.531 bits per heavy atom. The highest BCUT2D eigenvalue weighted by Gasteiger charge is 2.35. The number of piperazine rings is 2. The summed E-state index contributed by atoms with van der Waals surface area (Å²) < 4.78 is 0. The van der Waals surface area contributed by atoms with E-state index in [0.717, 1.165) is 129 Å². The topological polar surface area (TPSA) is 103 Å². The molecule has 4 atom stereocenters. The number of hydrogen-bond donors (Lipinski definition) is 2. The molecule has 2 N–H and O–H groups in total. The highest BCUT2D eigenvalue weighted by molar-refractivity contribution is 5.90. The first-order valence-corrected chi connectivity index (χ1v) is 23.4. The maximum atomic E-state index is 5.76. The lowest BCUT2D eigenvalue weighted by molar-refractivity contribution is 0.107. The van der Waals surface area contributed by atoms with Crippen molar-refractivity contribution in [2.24, 2.45) is 0 Å². The number of piperidine rings is 2. The van der Waals surface area contributed by atoms with Crippen molar-refractivity contribution >= 4 is 44.2 Å². The van der Waals surface area contributed by atoms with Crippen LogP contribution in [-0.2, 0) is 0 Å². The summed E-state index contributed by atoms with van der Waals surface area (Å²) in [6.07, 6.45) is 16.2. The van der Waals surface area contributed by atoms with Gasteiger partial charge in [-0.25, -0.2) is 9.97 Å². The van der Waals surface area contributed by atoms with Gasteiger partial charge in [0.25, 0.3) is 0 Å². The minimum absolute atomic E-state index is 0.205. The molecular formula is C52H62N12. The average molecular weight is 855 g/mol. The third kappa shape index (κ3) is 8.22. The van der Waals surface area contributed by atoms with E-state index in [1.165, 1.54) is 34.3 Å². The van der Waals surface area contributed by atoms with Crippen molar-refractivity contribution in [3.05, 3.63) is 120 Å². The Labute approximate surface area is 377 Å². The molecule has 4 fully saturated rings. The van der Waals surface area contributed by atoms with Gasteiger partial charge in [-0.05, 0) is 115 Å². The number of pyridine rings is 2. The van der Waals surface area contributed by atoms with Crippen LogP contribution in [0.4, 0.5) is 11.4 Å². The van der Waals surface area contributed by atoms with Crippen molar-refractivity contribution in [3.8, 4) is 12.3 Å². The van der Waals surface area contributed by atoms with Crippen LogP contribution < -0.4 is 9.80 Å². The molecule has 12 heteroatoms. The third-order valence-electron chi connectivity index (χ3n) is 14.5. The van der Waals surface area contributed by atoms with Gasteiger partial charge >= 0.3 is 0 Å². The molecule has 0 spiro atoms. The van der Waals surface area contributed by atoms with Crippen molar-refractivity contribution < 1.29 is 0 Å². The second kappa shape index (κ2) is 18.3. The Balaban J connectivity index is 0.000000152. The lowest BCUT2D eigenvalue weighted by atomic mass is 9.91. The van der Waals surface area contributed by atoms with Crippen molar-refractivity contribution in [1.82, 2.24) is 49.5 Å². The summed E-state index contributed by atoms with van der Waals surface area (Å²) in [5, 5.41) is 2.53. The molecule has 0 bridgehead atoms. The highest BCUT2D eigenvalue weighted by Crippen LogP contribution is 2.43. The number of H-pyrrole nitrogens is 2. The number of anilines is 2. The van der Waals surface area contributed by atoms with E-state index in [1.807, 2.05) is 24.5 Å². The van der Waals surface area contributed by atoms with Crippen LogP contribution in [-0.4, -0.2) is 130 Å². The van der Waals surface area contributed by atoms with Crippen LogP contribution in [0.1, 0.15) is 91.3 Å². The van der Waals surface area contributed by atoms with Crippen LogP contribution in [0.15, 0.2) is 91.3 Å². The van der Waals surface area contributed by atoms with Crippen molar-refractivity contribution in [2.45, 2.75) is 62.7 Å². The molecule has 4 aliphatic rings. The Kier molecular flexibility index (Phi) is 12.1. The van der Waals surface area contributed by atoms with Gasteiger partial charge in [0.1, 0.15) is 22.7 Å². The zero-order valence-electron chi connectivity index (χ0n) is 37.9. The number of imidazole rings is 2. The monoisotopic (exact) mass is 855 g/mol.